The molecule has 0 saturated heterocycles. The van der Waals surface area contributed by atoms with E-state index in [9.17, 15) is 0 Å². The molecule has 1 aliphatic heterocycles. The molecule has 0 saturated carbocycles. The SMILES string of the molecule is CC(C)c1cccc(NCC2Cc3ccccc3S2)c1. The van der Waals surface area contributed by atoms with Crippen LogP contribution in [-0.4, -0.2) is 11.8 Å². The van der Waals surface area contributed by atoms with Crippen molar-refractivity contribution in [1.29, 1.82) is 0 Å². The maximum Gasteiger partial charge on any atom is 0.0343 e. The molecule has 0 aromatic heterocycles. The van der Waals surface area contributed by atoms with Crippen LogP contribution in [0.4, 0.5) is 5.69 Å². The van der Waals surface area contributed by atoms with Gasteiger partial charge in [0.2, 0.25) is 0 Å². The summed E-state index contributed by atoms with van der Waals surface area (Å²) >= 11 is 2.00. The topological polar surface area (TPSA) is 12.0 Å². The zero-order valence-electron chi connectivity index (χ0n) is 12.1. The number of benzene rings is 2. The van der Waals surface area contributed by atoms with Gasteiger partial charge in [0.1, 0.15) is 0 Å². The second kappa shape index (κ2) is 5.92. The van der Waals surface area contributed by atoms with E-state index in [1.807, 2.05) is 11.8 Å². The number of nitrogens with one attached hydrogen (secondary N) is 1. The normalized spacial score (nSPS) is 17.2. The third-order valence-electron chi connectivity index (χ3n) is 3.80. The minimum absolute atomic E-state index is 0.585. The first-order chi connectivity index (χ1) is 9.72. The third kappa shape index (κ3) is 3.01. The number of hydrogen-bond acceptors (Lipinski definition) is 2. The van der Waals surface area contributed by atoms with Gasteiger partial charge < -0.3 is 5.32 Å². The van der Waals surface area contributed by atoms with Gasteiger partial charge in [-0.2, -0.15) is 0 Å². The molecular weight excluding hydrogens is 262 g/mol. The van der Waals surface area contributed by atoms with E-state index in [-0.39, 0.29) is 0 Å². The molecule has 0 fully saturated rings. The summed E-state index contributed by atoms with van der Waals surface area (Å²) in [5.41, 5.74) is 4.14. The number of thioether (sulfide) groups is 1. The summed E-state index contributed by atoms with van der Waals surface area (Å²) in [7, 11) is 0. The van der Waals surface area contributed by atoms with E-state index < -0.39 is 0 Å². The van der Waals surface area contributed by atoms with Crippen molar-refractivity contribution < 1.29 is 0 Å². The van der Waals surface area contributed by atoms with E-state index in [4.69, 9.17) is 0 Å². The van der Waals surface area contributed by atoms with Crippen LogP contribution in [0, 0.1) is 0 Å². The zero-order chi connectivity index (χ0) is 13.9. The highest BCUT2D eigenvalue weighted by atomic mass is 32.2. The van der Waals surface area contributed by atoms with Gasteiger partial charge in [-0.25, -0.2) is 0 Å². The highest BCUT2D eigenvalue weighted by molar-refractivity contribution is 8.00. The Balaban J connectivity index is 1.60. The van der Waals surface area contributed by atoms with Crippen LogP contribution in [0.3, 0.4) is 0 Å². The van der Waals surface area contributed by atoms with Crippen molar-refractivity contribution in [3.05, 3.63) is 59.7 Å². The summed E-state index contributed by atoms with van der Waals surface area (Å²) < 4.78 is 0. The van der Waals surface area contributed by atoms with Crippen LogP contribution in [0.1, 0.15) is 30.9 Å². The van der Waals surface area contributed by atoms with E-state index in [0.29, 0.717) is 11.2 Å². The Morgan fingerprint density at radius 1 is 1.15 bits per heavy atom. The maximum atomic E-state index is 3.60. The van der Waals surface area contributed by atoms with Gasteiger partial charge in [-0.1, -0.05) is 44.2 Å². The molecule has 0 aliphatic carbocycles. The molecular formula is C18H21NS. The van der Waals surface area contributed by atoms with Crippen molar-refractivity contribution in [2.45, 2.75) is 36.3 Å². The molecule has 0 amide bonds. The Kier molecular flexibility index (Phi) is 4.02. The third-order valence-corrected chi connectivity index (χ3v) is 5.12. The maximum absolute atomic E-state index is 3.60. The highest BCUT2D eigenvalue weighted by Crippen LogP contribution is 2.36. The van der Waals surface area contributed by atoms with Crippen LogP contribution in [0.2, 0.25) is 0 Å². The molecule has 1 unspecified atom stereocenters. The lowest BCUT2D eigenvalue weighted by Gasteiger charge is -2.13. The Morgan fingerprint density at radius 2 is 2.00 bits per heavy atom. The van der Waals surface area contributed by atoms with E-state index in [1.54, 1.807) is 0 Å². The monoisotopic (exact) mass is 283 g/mol. The van der Waals surface area contributed by atoms with Gasteiger partial charge in [-0.05, 0) is 41.7 Å². The van der Waals surface area contributed by atoms with Gasteiger partial charge in [-0.15, -0.1) is 11.8 Å². The number of anilines is 1. The molecule has 1 nitrogen and oxygen atoms in total. The lowest BCUT2D eigenvalue weighted by atomic mass is 10.0. The quantitative estimate of drug-likeness (QED) is 0.853. The molecule has 2 heteroatoms. The lowest BCUT2D eigenvalue weighted by molar-refractivity contribution is 0.864. The lowest BCUT2D eigenvalue weighted by Crippen LogP contribution is -2.15. The average molecular weight is 283 g/mol. The van der Waals surface area contributed by atoms with Crippen molar-refractivity contribution in [3.8, 4) is 0 Å². The predicted octanol–water partition coefficient (Wildman–Crippen LogP) is 4.94. The molecule has 2 aromatic rings. The van der Waals surface area contributed by atoms with Crippen LogP contribution in [0.15, 0.2) is 53.4 Å². The Hall–Kier alpha value is -1.41. The first kappa shape index (κ1) is 13.6. The summed E-state index contributed by atoms with van der Waals surface area (Å²) in [6, 6.07) is 17.6. The fourth-order valence-corrected chi connectivity index (χ4v) is 3.86. The van der Waals surface area contributed by atoms with E-state index in [2.05, 4.69) is 67.7 Å². The van der Waals surface area contributed by atoms with Crippen LogP contribution >= 0.6 is 11.8 Å². The molecule has 104 valence electrons. The highest BCUT2D eigenvalue weighted by Gasteiger charge is 2.21. The van der Waals surface area contributed by atoms with Gasteiger partial charge >= 0.3 is 0 Å². The number of hydrogen-bond donors (Lipinski definition) is 1. The minimum Gasteiger partial charge on any atom is -0.384 e. The molecule has 0 radical (unpaired) electrons. The largest absolute Gasteiger partial charge is 0.384 e. The average Bonchev–Trinajstić information content (AvgIpc) is 2.88. The van der Waals surface area contributed by atoms with Crippen molar-refractivity contribution in [3.63, 3.8) is 0 Å². The van der Waals surface area contributed by atoms with Gasteiger partial charge in [0.15, 0.2) is 0 Å². The smallest absolute Gasteiger partial charge is 0.0343 e. The Labute approximate surface area is 125 Å². The fraction of sp³-hybridized carbons (Fsp3) is 0.333. The summed E-state index contributed by atoms with van der Waals surface area (Å²) in [4.78, 5) is 1.45. The Bertz CT molecular complexity index is 566. The first-order valence-electron chi connectivity index (χ1n) is 7.31. The molecule has 1 heterocycles. The molecule has 1 atom stereocenters. The van der Waals surface area contributed by atoms with Crippen LogP contribution in [-0.2, 0) is 6.42 Å². The summed E-state index contributed by atoms with van der Waals surface area (Å²) in [6.07, 6.45) is 1.18. The van der Waals surface area contributed by atoms with Gasteiger partial charge in [0.05, 0.1) is 0 Å². The summed E-state index contributed by atoms with van der Waals surface area (Å²) in [6.45, 7) is 5.51. The van der Waals surface area contributed by atoms with Crippen LogP contribution in [0.25, 0.3) is 0 Å². The molecule has 1 aliphatic rings. The Morgan fingerprint density at radius 3 is 2.80 bits per heavy atom. The van der Waals surface area contributed by atoms with Crippen LogP contribution < -0.4 is 5.32 Å². The predicted molar refractivity (Wildman–Crippen MR) is 88.8 cm³/mol. The van der Waals surface area contributed by atoms with Crippen LogP contribution in [0.5, 0.6) is 0 Å². The molecule has 0 bridgehead atoms. The van der Waals surface area contributed by atoms with E-state index in [0.717, 1.165) is 6.54 Å². The second-order valence-corrected chi connectivity index (χ2v) is 7.05. The van der Waals surface area contributed by atoms with Crippen molar-refractivity contribution in [2.24, 2.45) is 0 Å². The molecule has 1 N–H and O–H groups in total. The number of rotatable bonds is 4. The van der Waals surface area contributed by atoms with E-state index >= 15 is 0 Å². The first-order valence-corrected chi connectivity index (χ1v) is 8.19. The minimum atomic E-state index is 0.585. The molecule has 20 heavy (non-hydrogen) atoms. The summed E-state index contributed by atoms with van der Waals surface area (Å²) in [5, 5.41) is 4.24. The zero-order valence-corrected chi connectivity index (χ0v) is 12.9. The van der Waals surface area contributed by atoms with Crippen molar-refractivity contribution >= 4 is 17.4 Å². The fourth-order valence-electron chi connectivity index (χ4n) is 2.61. The van der Waals surface area contributed by atoms with Crippen molar-refractivity contribution in [1.82, 2.24) is 0 Å². The second-order valence-electron chi connectivity index (χ2n) is 5.71. The van der Waals surface area contributed by atoms with Gasteiger partial charge in [0.25, 0.3) is 0 Å². The number of fused-ring (bicyclic) bond motifs is 1. The van der Waals surface area contributed by atoms with Gasteiger partial charge in [0, 0.05) is 22.4 Å². The standard InChI is InChI=1S/C18H21NS/c1-13(2)14-7-5-8-16(10-14)19-12-17-11-15-6-3-4-9-18(15)20-17/h3-10,13,17,19H,11-12H2,1-2H3. The van der Waals surface area contributed by atoms with Gasteiger partial charge in [-0.3, -0.25) is 0 Å². The summed E-state index contributed by atoms with van der Waals surface area (Å²) in [5.74, 6) is 0.585. The van der Waals surface area contributed by atoms with Crippen molar-refractivity contribution in [2.75, 3.05) is 11.9 Å². The molecule has 3 rings (SSSR count). The molecule has 2 aromatic carbocycles. The molecule has 0 spiro atoms. The van der Waals surface area contributed by atoms with E-state index in [1.165, 1.54) is 28.1 Å².